The molecule has 0 aromatic carbocycles. The maximum atomic E-state index is 11.1. The zero-order valence-electron chi connectivity index (χ0n) is 10.1. The van der Waals surface area contributed by atoms with Gasteiger partial charge in [0.25, 0.3) is 0 Å². The van der Waals surface area contributed by atoms with Crippen molar-refractivity contribution in [1.29, 1.82) is 0 Å². The summed E-state index contributed by atoms with van der Waals surface area (Å²) < 4.78 is 11.3. The number of aromatic nitrogens is 4. The number of tetrazole rings is 1. The smallest absolute Gasteiger partial charge is 0.327 e. The number of hydrogen-bond acceptors (Lipinski definition) is 7. The van der Waals surface area contributed by atoms with Crippen LogP contribution in [0.15, 0.2) is 5.16 Å². The number of carbonyl (C=O) groups is 1. The third-order valence-corrected chi connectivity index (χ3v) is 2.69. The van der Waals surface area contributed by atoms with Gasteiger partial charge in [-0.25, -0.2) is 4.68 Å². The first-order valence-electron chi connectivity index (χ1n) is 5.21. The van der Waals surface area contributed by atoms with Gasteiger partial charge in [-0.05, 0) is 24.3 Å². The van der Waals surface area contributed by atoms with Crippen LogP contribution < -0.4 is 0 Å². The van der Waals surface area contributed by atoms with Crippen LogP contribution in [0.2, 0.25) is 0 Å². The first kappa shape index (κ1) is 13.9. The molecule has 0 unspecified atom stereocenters. The molecule has 8 heteroatoms. The highest BCUT2D eigenvalue weighted by molar-refractivity contribution is 7.99. The van der Waals surface area contributed by atoms with Gasteiger partial charge in [-0.15, -0.1) is 5.10 Å². The highest BCUT2D eigenvalue weighted by Crippen LogP contribution is 2.13. The minimum absolute atomic E-state index is 0.0247. The second-order valence-electron chi connectivity index (χ2n) is 3.46. The third kappa shape index (κ3) is 5.14. The zero-order chi connectivity index (χ0) is 12.7. The summed E-state index contributed by atoms with van der Waals surface area (Å²) in [6, 6.07) is 0. The number of thioether (sulfide) groups is 1. The van der Waals surface area contributed by atoms with Crippen molar-refractivity contribution in [2.24, 2.45) is 0 Å². The minimum atomic E-state index is -0.377. The molecule has 0 aliphatic rings. The van der Waals surface area contributed by atoms with Crippen molar-refractivity contribution in [2.75, 3.05) is 19.5 Å². The van der Waals surface area contributed by atoms with Crippen molar-refractivity contribution < 1.29 is 14.3 Å². The second-order valence-corrected chi connectivity index (χ2v) is 4.53. The summed E-state index contributed by atoms with van der Waals surface area (Å²) in [5.41, 5.74) is 0. The minimum Gasteiger partial charge on any atom is -0.468 e. The van der Waals surface area contributed by atoms with E-state index in [0.717, 1.165) is 5.75 Å². The van der Waals surface area contributed by atoms with E-state index in [0.29, 0.717) is 11.8 Å². The van der Waals surface area contributed by atoms with Crippen LogP contribution in [0.5, 0.6) is 0 Å². The van der Waals surface area contributed by atoms with Crippen molar-refractivity contribution in [3.8, 4) is 0 Å². The fourth-order valence-electron chi connectivity index (χ4n) is 1.00. The molecule has 0 aliphatic carbocycles. The van der Waals surface area contributed by atoms with E-state index < -0.39 is 0 Å². The number of ether oxygens (including phenoxy) is 2. The van der Waals surface area contributed by atoms with Gasteiger partial charge in [0.15, 0.2) is 0 Å². The molecule has 0 amide bonds. The summed E-state index contributed by atoms with van der Waals surface area (Å²) in [6.07, 6.45) is 0.210. The molecule has 0 aliphatic heterocycles. The molecule has 0 N–H and O–H groups in total. The summed E-state index contributed by atoms with van der Waals surface area (Å²) >= 11 is 1.44. The average molecular weight is 260 g/mol. The Morgan fingerprint density at radius 1 is 1.53 bits per heavy atom. The summed E-state index contributed by atoms with van der Waals surface area (Å²) in [4.78, 5) is 11.1. The van der Waals surface area contributed by atoms with Gasteiger partial charge >= 0.3 is 5.97 Å². The standard InChI is InChI=1S/C9H16N4O3S/c1-7(2)16-4-5-17-9-10-11-12-13(9)6-8(14)15-3/h7H,4-6H2,1-3H3. The highest BCUT2D eigenvalue weighted by Gasteiger charge is 2.10. The Hall–Kier alpha value is -1.15. The largest absolute Gasteiger partial charge is 0.468 e. The lowest BCUT2D eigenvalue weighted by Gasteiger charge is -2.06. The molecular weight excluding hydrogens is 244 g/mol. The van der Waals surface area contributed by atoms with E-state index in [4.69, 9.17) is 4.74 Å². The lowest BCUT2D eigenvalue weighted by atomic mass is 10.5. The Morgan fingerprint density at radius 2 is 2.29 bits per heavy atom. The molecule has 1 aromatic rings. The molecule has 1 rings (SSSR count). The molecule has 1 heterocycles. The van der Waals surface area contributed by atoms with Gasteiger partial charge in [0, 0.05) is 5.75 Å². The molecular formula is C9H16N4O3S. The molecule has 96 valence electrons. The average Bonchev–Trinajstić information content (AvgIpc) is 2.71. The lowest BCUT2D eigenvalue weighted by molar-refractivity contribution is -0.141. The molecule has 0 radical (unpaired) electrons. The lowest BCUT2D eigenvalue weighted by Crippen LogP contribution is -2.14. The molecule has 0 saturated carbocycles. The van der Waals surface area contributed by atoms with Crippen molar-refractivity contribution >= 4 is 17.7 Å². The molecule has 0 saturated heterocycles. The summed E-state index contributed by atoms with van der Waals surface area (Å²) in [5, 5.41) is 11.6. The van der Waals surface area contributed by atoms with Crippen LogP contribution in [0.3, 0.4) is 0 Å². The number of esters is 1. The SMILES string of the molecule is COC(=O)Cn1nnnc1SCCOC(C)C. The van der Waals surface area contributed by atoms with E-state index in [9.17, 15) is 4.79 Å². The van der Waals surface area contributed by atoms with E-state index in [1.807, 2.05) is 13.8 Å². The second kappa shape index (κ2) is 7.23. The molecule has 1 aromatic heterocycles. The molecule has 7 nitrogen and oxygen atoms in total. The van der Waals surface area contributed by atoms with Gasteiger partial charge in [0.1, 0.15) is 6.54 Å². The Bertz CT molecular complexity index is 356. The number of rotatable bonds is 7. The molecule has 0 atom stereocenters. The van der Waals surface area contributed by atoms with Crippen LogP contribution in [0, 0.1) is 0 Å². The Labute approximate surface area is 104 Å². The van der Waals surface area contributed by atoms with E-state index in [1.54, 1.807) is 0 Å². The van der Waals surface area contributed by atoms with Crippen LogP contribution in [0.25, 0.3) is 0 Å². The van der Waals surface area contributed by atoms with E-state index in [-0.39, 0.29) is 18.6 Å². The first-order chi connectivity index (χ1) is 8.13. The number of hydrogen-bond donors (Lipinski definition) is 0. The Morgan fingerprint density at radius 3 is 2.94 bits per heavy atom. The summed E-state index contributed by atoms with van der Waals surface area (Å²) in [6.45, 7) is 4.60. The van der Waals surface area contributed by atoms with Crippen molar-refractivity contribution in [3.05, 3.63) is 0 Å². The van der Waals surface area contributed by atoms with Crippen LogP contribution in [0.1, 0.15) is 13.8 Å². The van der Waals surface area contributed by atoms with Gasteiger partial charge < -0.3 is 9.47 Å². The van der Waals surface area contributed by atoms with Crippen LogP contribution in [-0.4, -0.2) is 51.8 Å². The molecule has 0 fully saturated rings. The quantitative estimate of drug-likeness (QED) is 0.398. The maximum Gasteiger partial charge on any atom is 0.327 e. The van der Waals surface area contributed by atoms with Crippen molar-refractivity contribution in [3.63, 3.8) is 0 Å². The molecule has 0 bridgehead atoms. The maximum absolute atomic E-state index is 11.1. The van der Waals surface area contributed by atoms with Crippen LogP contribution in [0.4, 0.5) is 0 Å². The van der Waals surface area contributed by atoms with Crippen LogP contribution in [-0.2, 0) is 20.8 Å². The summed E-state index contributed by atoms with van der Waals surface area (Å²) in [7, 11) is 1.33. The van der Waals surface area contributed by atoms with Crippen LogP contribution >= 0.6 is 11.8 Å². The predicted molar refractivity (Wildman–Crippen MR) is 61.6 cm³/mol. The molecule has 17 heavy (non-hydrogen) atoms. The third-order valence-electron chi connectivity index (χ3n) is 1.77. The zero-order valence-corrected chi connectivity index (χ0v) is 10.9. The van der Waals surface area contributed by atoms with Crippen molar-refractivity contribution in [2.45, 2.75) is 31.7 Å². The highest BCUT2D eigenvalue weighted by atomic mass is 32.2. The normalized spacial score (nSPS) is 10.8. The number of carbonyl (C=O) groups excluding carboxylic acids is 1. The van der Waals surface area contributed by atoms with Gasteiger partial charge in [-0.3, -0.25) is 4.79 Å². The van der Waals surface area contributed by atoms with Gasteiger partial charge in [-0.2, -0.15) is 0 Å². The van der Waals surface area contributed by atoms with E-state index in [2.05, 4.69) is 20.3 Å². The molecule has 0 spiro atoms. The van der Waals surface area contributed by atoms with E-state index >= 15 is 0 Å². The fraction of sp³-hybridized carbons (Fsp3) is 0.778. The van der Waals surface area contributed by atoms with Gasteiger partial charge in [0.2, 0.25) is 5.16 Å². The van der Waals surface area contributed by atoms with Crippen molar-refractivity contribution in [1.82, 2.24) is 20.2 Å². The first-order valence-corrected chi connectivity index (χ1v) is 6.19. The van der Waals surface area contributed by atoms with Gasteiger partial charge in [0.05, 0.1) is 19.8 Å². The monoisotopic (exact) mass is 260 g/mol. The number of methoxy groups -OCH3 is 1. The fourth-order valence-corrected chi connectivity index (χ4v) is 1.71. The Balaban J connectivity index is 2.38. The van der Waals surface area contributed by atoms with Gasteiger partial charge in [-0.1, -0.05) is 11.8 Å². The summed E-state index contributed by atoms with van der Waals surface area (Å²) in [5.74, 6) is 0.359. The number of nitrogens with zero attached hydrogens (tertiary/aromatic N) is 4. The predicted octanol–water partition coefficient (Wildman–Crippen LogP) is 0.363. The van der Waals surface area contributed by atoms with E-state index in [1.165, 1.54) is 23.6 Å². The Kier molecular flexibility index (Phi) is 5.92. The topological polar surface area (TPSA) is 79.1 Å².